The van der Waals surface area contributed by atoms with Gasteiger partial charge in [0.2, 0.25) is 0 Å². The first-order valence-electron chi connectivity index (χ1n) is 3.92. The highest BCUT2D eigenvalue weighted by atomic mass is 19.4. The molecule has 1 aromatic carbocycles. The Morgan fingerprint density at radius 2 is 1.71 bits per heavy atom. The molecule has 0 heterocycles. The number of ether oxygens (including phenoxy) is 1. The summed E-state index contributed by atoms with van der Waals surface area (Å²) in [6, 6.07) is 5.09. The summed E-state index contributed by atoms with van der Waals surface area (Å²) in [5.41, 5.74) is 0.541. The molecule has 0 saturated heterocycles. The van der Waals surface area contributed by atoms with Crippen molar-refractivity contribution in [3.05, 3.63) is 24.3 Å². The molecule has 14 heavy (non-hydrogen) atoms. The average Bonchev–Trinajstić information content (AvgIpc) is 2.02. The number of halogens is 3. The fraction of sp³-hybridized carbons (Fsp3) is 0.250. The summed E-state index contributed by atoms with van der Waals surface area (Å²) in [5, 5.41) is 9.08. The Balaban J connectivity index is 2.74. The minimum atomic E-state index is -4.67. The highest BCUT2D eigenvalue weighted by Gasteiger charge is 2.30. The van der Waals surface area contributed by atoms with Gasteiger partial charge in [0.05, 0.1) is 0 Å². The predicted molar refractivity (Wildman–Crippen MR) is 46.6 cm³/mol. The molecule has 0 fully saturated rings. The molecular formula is C8H8BF3O2. The molecule has 1 rings (SSSR count). The van der Waals surface area contributed by atoms with Crippen molar-refractivity contribution in [1.82, 2.24) is 0 Å². The lowest BCUT2D eigenvalue weighted by Gasteiger charge is -2.09. The van der Waals surface area contributed by atoms with Crippen LogP contribution in [-0.4, -0.2) is 18.3 Å². The minimum Gasteiger partial charge on any atom is -0.447 e. The SMILES string of the molecule is CB(O)c1ccc(OC(F)(F)F)cc1. The van der Waals surface area contributed by atoms with Gasteiger partial charge >= 0.3 is 13.3 Å². The smallest absolute Gasteiger partial charge is 0.447 e. The maximum absolute atomic E-state index is 11.7. The molecule has 1 aromatic rings. The van der Waals surface area contributed by atoms with E-state index in [9.17, 15) is 13.2 Å². The highest BCUT2D eigenvalue weighted by molar-refractivity contribution is 6.64. The van der Waals surface area contributed by atoms with Crippen LogP contribution in [0.25, 0.3) is 0 Å². The zero-order chi connectivity index (χ0) is 10.8. The summed E-state index contributed by atoms with van der Waals surface area (Å²) < 4.78 is 38.8. The van der Waals surface area contributed by atoms with E-state index in [0.29, 0.717) is 5.46 Å². The maximum atomic E-state index is 11.7. The van der Waals surface area contributed by atoms with Gasteiger partial charge in [0, 0.05) is 0 Å². The summed E-state index contributed by atoms with van der Waals surface area (Å²) in [6.45, 7) is 0.828. The van der Waals surface area contributed by atoms with Crippen LogP contribution in [0.1, 0.15) is 0 Å². The van der Waals surface area contributed by atoms with Crippen molar-refractivity contribution in [2.24, 2.45) is 0 Å². The standard InChI is InChI=1S/C8H8BF3O2/c1-9(13)6-2-4-7(5-3-6)14-8(10,11)12/h2-5,13H,1H3. The first kappa shape index (κ1) is 10.9. The number of hydrogen-bond donors (Lipinski definition) is 1. The Hall–Kier alpha value is -1.17. The van der Waals surface area contributed by atoms with Crippen molar-refractivity contribution in [1.29, 1.82) is 0 Å². The second-order valence-corrected chi connectivity index (χ2v) is 2.79. The quantitative estimate of drug-likeness (QED) is 0.737. The van der Waals surface area contributed by atoms with Gasteiger partial charge in [-0.1, -0.05) is 19.0 Å². The molecule has 0 aliphatic heterocycles. The van der Waals surface area contributed by atoms with Crippen molar-refractivity contribution in [3.63, 3.8) is 0 Å². The largest absolute Gasteiger partial charge is 0.573 e. The van der Waals surface area contributed by atoms with Gasteiger partial charge in [-0.05, 0) is 17.6 Å². The lowest BCUT2D eigenvalue weighted by atomic mass is 9.64. The Morgan fingerprint density at radius 3 is 2.07 bits per heavy atom. The number of rotatable bonds is 2. The van der Waals surface area contributed by atoms with Crippen LogP contribution in [0.2, 0.25) is 6.82 Å². The first-order valence-corrected chi connectivity index (χ1v) is 3.92. The van der Waals surface area contributed by atoms with Crippen molar-refractivity contribution >= 4 is 12.4 Å². The molecule has 0 aliphatic rings. The highest BCUT2D eigenvalue weighted by Crippen LogP contribution is 2.21. The topological polar surface area (TPSA) is 29.5 Å². The third kappa shape index (κ3) is 3.29. The van der Waals surface area contributed by atoms with Crippen LogP contribution >= 0.6 is 0 Å². The van der Waals surface area contributed by atoms with Crippen LogP contribution in [0.4, 0.5) is 13.2 Å². The second kappa shape index (κ2) is 3.92. The van der Waals surface area contributed by atoms with Gasteiger partial charge in [-0.15, -0.1) is 13.2 Å². The molecule has 0 atom stereocenters. The van der Waals surface area contributed by atoms with E-state index >= 15 is 0 Å². The monoisotopic (exact) mass is 204 g/mol. The number of hydrogen-bond acceptors (Lipinski definition) is 2. The van der Waals surface area contributed by atoms with Crippen LogP contribution in [0.15, 0.2) is 24.3 Å². The third-order valence-electron chi connectivity index (χ3n) is 1.60. The summed E-state index contributed by atoms with van der Waals surface area (Å²) in [5.74, 6) is -0.290. The fourth-order valence-corrected chi connectivity index (χ4v) is 0.948. The second-order valence-electron chi connectivity index (χ2n) is 2.79. The molecule has 0 bridgehead atoms. The Bertz CT molecular complexity index is 294. The van der Waals surface area contributed by atoms with Gasteiger partial charge in [-0.25, -0.2) is 0 Å². The predicted octanol–water partition coefficient (Wildman–Crippen LogP) is 1.41. The molecule has 6 heteroatoms. The average molecular weight is 204 g/mol. The van der Waals surface area contributed by atoms with Crippen LogP contribution in [-0.2, 0) is 0 Å². The van der Waals surface area contributed by atoms with Gasteiger partial charge in [0.15, 0.2) is 0 Å². The summed E-state index contributed by atoms with van der Waals surface area (Å²) in [6.07, 6.45) is -4.67. The first-order chi connectivity index (χ1) is 6.38. The molecule has 0 aromatic heterocycles. The zero-order valence-corrected chi connectivity index (χ0v) is 7.38. The van der Waals surface area contributed by atoms with Crippen LogP contribution in [0.5, 0.6) is 5.75 Å². The van der Waals surface area contributed by atoms with Crippen molar-refractivity contribution in [2.45, 2.75) is 13.2 Å². The molecule has 0 spiro atoms. The van der Waals surface area contributed by atoms with E-state index in [2.05, 4.69) is 4.74 Å². The van der Waals surface area contributed by atoms with Crippen molar-refractivity contribution in [3.8, 4) is 5.75 Å². The summed E-state index contributed by atoms with van der Waals surface area (Å²) >= 11 is 0. The van der Waals surface area contributed by atoms with Gasteiger partial charge in [-0.3, -0.25) is 0 Å². The third-order valence-corrected chi connectivity index (χ3v) is 1.60. The van der Waals surface area contributed by atoms with Crippen LogP contribution in [0.3, 0.4) is 0 Å². The lowest BCUT2D eigenvalue weighted by molar-refractivity contribution is -0.274. The summed E-state index contributed by atoms with van der Waals surface area (Å²) in [7, 11) is 0. The molecule has 0 radical (unpaired) electrons. The summed E-state index contributed by atoms with van der Waals surface area (Å²) in [4.78, 5) is 0. The van der Waals surface area contributed by atoms with Gasteiger partial charge in [0.1, 0.15) is 5.75 Å². The molecule has 2 nitrogen and oxygen atoms in total. The van der Waals surface area contributed by atoms with Gasteiger partial charge in [0.25, 0.3) is 0 Å². The normalized spacial score (nSPS) is 11.2. The minimum absolute atomic E-state index is 0.290. The van der Waals surface area contributed by atoms with Gasteiger partial charge < -0.3 is 9.76 Å². The van der Waals surface area contributed by atoms with Crippen LogP contribution in [0, 0.1) is 0 Å². The van der Waals surface area contributed by atoms with E-state index < -0.39 is 13.3 Å². The van der Waals surface area contributed by atoms with E-state index in [0.717, 1.165) is 12.1 Å². The molecule has 0 saturated carbocycles. The fourth-order valence-electron chi connectivity index (χ4n) is 0.948. The van der Waals surface area contributed by atoms with E-state index in [1.165, 1.54) is 19.0 Å². The van der Waals surface area contributed by atoms with E-state index in [1.54, 1.807) is 0 Å². The molecule has 1 N–H and O–H groups in total. The lowest BCUT2D eigenvalue weighted by Crippen LogP contribution is -2.26. The Labute approximate surface area is 79.4 Å². The molecule has 0 aliphatic carbocycles. The molecule has 0 unspecified atom stereocenters. The molecule has 76 valence electrons. The van der Waals surface area contributed by atoms with Crippen molar-refractivity contribution < 1.29 is 22.9 Å². The zero-order valence-electron chi connectivity index (χ0n) is 7.38. The van der Waals surface area contributed by atoms with Crippen molar-refractivity contribution in [2.75, 3.05) is 0 Å². The van der Waals surface area contributed by atoms with E-state index in [1.807, 2.05) is 0 Å². The Kier molecular flexibility index (Phi) is 3.05. The van der Waals surface area contributed by atoms with E-state index in [4.69, 9.17) is 5.02 Å². The van der Waals surface area contributed by atoms with Gasteiger partial charge in [-0.2, -0.15) is 0 Å². The van der Waals surface area contributed by atoms with Crippen LogP contribution < -0.4 is 10.2 Å². The maximum Gasteiger partial charge on any atom is 0.573 e. The Morgan fingerprint density at radius 1 is 1.21 bits per heavy atom. The number of alkyl halides is 3. The van der Waals surface area contributed by atoms with E-state index in [-0.39, 0.29) is 5.75 Å². The molecule has 0 amide bonds. The number of benzene rings is 1. The molecular weight excluding hydrogens is 196 g/mol.